The van der Waals surface area contributed by atoms with E-state index in [9.17, 15) is 19.2 Å². The Morgan fingerprint density at radius 1 is 0.568 bits per heavy atom. The monoisotopic (exact) mass is 598 g/mol. The Morgan fingerprint density at radius 3 is 1.64 bits per heavy atom. The van der Waals surface area contributed by atoms with Gasteiger partial charge in [0, 0.05) is 22.3 Å². The molecule has 0 aliphatic rings. The predicted octanol–water partition coefficient (Wildman–Crippen LogP) is 6.28. The van der Waals surface area contributed by atoms with Crippen LogP contribution >= 0.6 is 0 Å². The highest BCUT2D eigenvalue weighted by molar-refractivity contribution is 5.91. The average molecular weight is 599 g/mol. The van der Waals surface area contributed by atoms with Crippen molar-refractivity contribution in [1.29, 1.82) is 0 Å². The molecule has 228 valence electrons. The lowest BCUT2D eigenvalue weighted by atomic mass is 9.97. The molecule has 3 rings (SSSR count). The lowest BCUT2D eigenvalue weighted by Gasteiger charge is -2.15. The molecule has 9 nitrogen and oxygen atoms in total. The van der Waals surface area contributed by atoms with Crippen molar-refractivity contribution < 1.29 is 42.9 Å². The van der Waals surface area contributed by atoms with Crippen molar-refractivity contribution in [3.63, 3.8) is 0 Å². The maximum absolute atomic E-state index is 12.4. The number of hydrogen-bond donors (Lipinski definition) is 0. The van der Waals surface area contributed by atoms with E-state index in [1.807, 2.05) is 12.1 Å². The maximum atomic E-state index is 12.4. The highest BCUT2D eigenvalue weighted by atomic mass is 16.6. The molecule has 0 N–H and O–H groups in total. The lowest BCUT2D eigenvalue weighted by molar-refractivity contribution is -0.140. The molecule has 0 aliphatic carbocycles. The molecule has 0 saturated carbocycles. The van der Waals surface area contributed by atoms with E-state index >= 15 is 0 Å². The quantitative estimate of drug-likeness (QED) is 0.0696. The first-order valence-electron chi connectivity index (χ1n) is 13.6. The molecule has 44 heavy (non-hydrogen) atoms. The first-order valence-corrected chi connectivity index (χ1v) is 13.6. The first-order chi connectivity index (χ1) is 21.0. The molecule has 3 aromatic rings. The SMILES string of the molecule is C=C(C)C(=O)OCCOC(=O)c1ccc(-c2ccc(OCCOC(=O)C(=C)C)c(-c3ccc(OC(=O)C(=C)C)cc3)c2)cc1. The molecule has 0 saturated heterocycles. The molecule has 0 radical (unpaired) electrons. The minimum absolute atomic E-state index is 0.0383. The van der Waals surface area contributed by atoms with Crippen molar-refractivity contribution in [2.45, 2.75) is 20.8 Å². The second kappa shape index (κ2) is 15.7. The summed E-state index contributed by atoms with van der Waals surface area (Å²) in [5.74, 6) is -1.21. The zero-order valence-corrected chi connectivity index (χ0v) is 25.0. The van der Waals surface area contributed by atoms with E-state index in [1.165, 1.54) is 6.92 Å². The molecule has 0 unspecified atom stereocenters. The largest absolute Gasteiger partial charge is 0.489 e. The van der Waals surface area contributed by atoms with Crippen LogP contribution in [0.4, 0.5) is 0 Å². The van der Waals surface area contributed by atoms with Crippen molar-refractivity contribution in [2.75, 3.05) is 26.4 Å². The van der Waals surface area contributed by atoms with Gasteiger partial charge in [-0.15, -0.1) is 0 Å². The van der Waals surface area contributed by atoms with Gasteiger partial charge in [0.25, 0.3) is 0 Å². The van der Waals surface area contributed by atoms with Crippen LogP contribution in [0.1, 0.15) is 31.1 Å². The summed E-state index contributed by atoms with van der Waals surface area (Å²) in [6, 6.07) is 19.4. The lowest BCUT2D eigenvalue weighted by Crippen LogP contribution is -2.14. The van der Waals surface area contributed by atoms with Crippen LogP contribution in [0.5, 0.6) is 11.5 Å². The smallest absolute Gasteiger partial charge is 0.338 e. The van der Waals surface area contributed by atoms with Gasteiger partial charge in [0.05, 0.1) is 5.56 Å². The number of carbonyl (C=O) groups excluding carboxylic acids is 4. The van der Waals surface area contributed by atoms with Crippen LogP contribution in [-0.2, 0) is 28.6 Å². The zero-order valence-electron chi connectivity index (χ0n) is 25.0. The van der Waals surface area contributed by atoms with Crippen molar-refractivity contribution in [1.82, 2.24) is 0 Å². The fourth-order valence-corrected chi connectivity index (χ4v) is 3.64. The Morgan fingerprint density at radius 2 is 1.07 bits per heavy atom. The highest BCUT2D eigenvalue weighted by Crippen LogP contribution is 2.35. The molecule has 0 bridgehead atoms. The Kier molecular flexibility index (Phi) is 11.8. The van der Waals surface area contributed by atoms with Gasteiger partial charge in [0.1, 0.15) is 37.9 Å². The van der Waals surface area contributed by atoms with E-state index in [0.717, 1.165) is 22.3 Å². The number of carbonyl (C=O) groups is 4. The summed E-state index contributed by atoms with van der Waals surface area (Å²) in [6.07, 6.45) is 0. The summed E-state index contributed by atoms with van der Waals surface area (Å²) < 4.78 is 26.5. The normalized spacial score (nSPS) is 10.2. The average Bonchev–Trinajstić information content (AvgIpc) is 3.01. The van der Waals surface area contributed by atoms with E-state index < -0.39 is 23.9 Å². The van der Waals surface area contributed by atoms with Crippen LogP contribution in [0.15, 0.2) is 103 Å². The van der Waals surface area contributed by atoms with Gasteiger partial charge in [0.15, 0.2) is 0 Å². The van der Waals surface area contributed by atoms with Crippen LogP contribution in [0, 0.1) is 0 Å². The van der Waals surface area contributed by atoms with Gasteiger partial charge in [0.2, 0.25) is 0 Å². The molecular formula is C35H34O9. The van der Waals surface area contributed by atoms with Crippen molar-refractivity contribution in [2.24, 2.45) is 0 Å². The van der Waals surface area contributed by atoms with Crippen LogP contribution in [-0.4, -0.2) is 50.3 Å². The second-order valence-corrected chi connectivity index (χ2v) is 9.80. The summed E-state index contributed by atoms with van der Waals surface area (Å²) in [7, 11) is 0. The Bertz CT molecular complexity index is 1560. The highest BCUT2D eigenvalue weighted by Gasteiger charge is 2.13. The van der Waals surface area contributed by atoms with E-state index in [0.29, 0.717) is 22.6 Å². The van der Waals surface area contributed by atoms with E-state index in [1.54, 1.807) is 68.4 Å². The Labute approximate surface area is 256 Å². The third-order valence-corrected chi connectivity index (χ3v) is 5.98. The van der Waals surface area contributed by atoms with E-state index in [2.05, 4.69) is 19.7 Å². The van der Waals surface area contributed by atoms with Gasteiger partial charge in [-0.2, -0.15) is 0 Å². The molecular weight excluding hydrogens is 564 g/mol. The summed E-state index contributed by atoms with van der Waals surface area (Å²) in [4.78, 5) is 47.5. The van der Waals surface area contributed by atoms with Gasteiger partial charge in [-0.1, -0.05) is 50.1 Å². The molecule has 0 spiro atoms. The summed E-state index contributed by atoms with van der Waals surface area (Å²) in [6.45, 7) is 15.3. The molecule has 0 aliphatic heterocycles. The maximum Gasteiger partial charge on any atom is 0.338 e. The van der Waals surface area contributed by atoms with Gasteiger partial charge in [-0.05, 0) is 73.9 Å². The van der Waals surface area contributed by atoms with Crippen molar-refractivity contribution >= 4 is 23.9 Å². The molecule has 0 atom stereocenters. The van der Waals surface area contributed by atoms with Crippen LogP contribution in [0.25, 0.3) is 22.3 Å². The molecule has 0 fully saturated rings. The fraction of sp³-hybridized carbons (Fsp3) is 0.200. The zero-order chi connectivity index (χ0) is 32.2. The Balaban J connectivity index is 1.79. The van der Waals surface area contributed by atoms with Gasteiger partial charge < -0.3 is 23.7 Å². The van der Waals surface area contributed by atoms with Gasteiger partial charge >= 0.3 is 23.9 Å². The molecule has 3 aromatic carbocycles. The minimum atomic E-state index is -0.549. The minimum Gasteiger partial charge on any atom is -0.489 e. The van der Waals surface area contributed by atoms with Crippen molar-refractivity contribution in [3.8, 4) is 33.8 Å². The summed E-state index contributed by atoms with van der Waals surface area (Å²) in [5.41, 5.74) is 4.36. The third-order valence-electron chi connectivity index (χ3n) is 5.98. The van der Waals surface area contributed by atoms with Gasteiger partial charge in [-0.3, -0.25) is 0 Å². The number of benzene rings is 3. The topological polar surface area (TPSA) is 114 Å². The Hall–Kier alpha value is -5.44. The van der Waals surface area contributed by atoms with Crippen LogP contribution < -0.4 is 9.47 Å². The standard InChI is InChI=1S/C35H34O9/c1-22(2)32(36)41-18-17-40-31-16-13-28(21-30(31)26-11-14-29(15-12-26)44-34(38)24(5)6)25-7-9-27(10-8-25)35(39)43-20-19-42-33(37)23(3)4/h7-16,21H,1,3,5,17-20H2,2,4,6H3. The molecule has 0 amide bonds. The number of hydrogen-bond acceptors (Lipinski definition) is 9. The third kappa shape index (κ3) is 9.55. The van der Waals surface area contributed by atoms with Crippen LogP contribution in [0.3, 0.4) is 0 Å². The van der Waals surface area contributed by atoms with E-state index in [4.69, 9.17) is 23.7 Å². The predicted molar refractivity (Wildman–Crippen MR) is 165 cm³/mol. The summed E-state index contributed by atoms with van der Waals surface area (Å²) >= 11 is 0. The second-order valence-electron chi connectivity index (χ2n) is 9.80. The van der Waals surface area contributed by atoms with Crippen LogP contribution in [0.2, 0.25) is 0 Å². The summed E-state index contributed by atoms with van der Waals surface area (Å²) in [5, 5.41) is 0. The number of esters is 4. The van der Waals surface area contributed by atoms with Crippen molar-refractivity contribution in [3.05, 3.63) is 109 Å². The van der Waals surface area contributed by atoms with Gasteiger partial charge in [-0.25, -0.2) is 19.2 Å². The first kappa shape index (κ1) is 33.1. The molecule has 0 aromatic heterocycles. The molecule has 9 heteroatoms. The molecule has 0 heterocycles. The number of ether oxygens (including phenoxy) is 5. The van der Waals surface area contributed by atoms with E-state index in [-0.39, 0.29) is 37.6 Å². The number of rotatable bonds is 14. The fourth-order valence-electron chi connectivity index (χ4n) is 3.64.